The lowest BCUT2D eigenvalue weighted by Gasteiger charge is -2.71. The van der Waals surface area contributed by atoms with E-state index in [4.69, 9.17) is 0 Å². The molecule has 0 amide bonds. The summed E-state index contributed by atoms with van der Waals surface area (Å²) in [6, 6.07) is 0. The van der Waals surface area contributed by atoms with Gasteiger partial charge in [-0.05, 0) is 122 Å². The highest BCUT2D eigenvalue weighted by molar-refractivity contribution is 5.14. The van der Waals surface area contributed by atoms with Gasteiger partial charge in [0.1, 0.15) is 0 Å². The molecule has 0 aromatic carbocycles. The summed E-state index contributed by atoms with van der Waals surface area (Å²) >= 11 is 0. The first-order valence-electron chi connectivity index (χ1n) is 11.6. The van der Waals surface area contributed by atoms with Crippen molar-refractivity contribution in [2.75, 3.05) is 0 Å². The second-order valence-corrected chi connectivity index (χ2v) is 11.7. The summed E-state index contributed by atoms with van der Waals surface area (Å²) in [5, 5.41) is 0. The minimum atomic E-state index is 0.789. The smallest absolute Gasteiger partial charge is 0.0261 e. The highest BCUT2D eigenvalue weighted by Crippen LogP contribution is 2.74. The molecule has 0 saturated heterocycles. The largest absolute Gasteiger partial charge is 0.0648 e. The van der Waals surface area contributed by atoms with Crippen LogP contribution in [0.25, 0.3) is 0 Å². The highest BCUT2D eigenvalue weighted by Gasteiger charge is 2.65. The molecule has 8 aliphatic carbocycles. The van der Waals surface area contributed by atoms with E-state index < -0.39 is 0 Å². The zero-order chi connectivity index (χ0) is 16.1. The predicted octanol–water partition coefficient (Wildman–Crippen LogP) is 6.69. The topological polar surface area (TPSA) is 0 Å². The van der Waals surface area contributed by atoms with E-state index in [9.17, 15) is 0 Å². The molecule has 0 aromatic heterocycles. The second-order valence-electron chi connectivity index (χ2n) is 11.7. The molecule has 6 atom stereocenters. The van der Waals surface area contributed by atoms with Crippen molar-refractivity contribution in [3.63, 3.8) is 0 Å². The van der Waals surface area contributed by atoms with Crippen LogP contribution in [0, 0.1) is 58.2 Å². The molecule has 6 unspecified atom stereocenters. The fourth-order valence-corrected chi connectivity index (χ4v) is 10.9. The van der Waals surface area contributed by atoms with E-state index in [0.717, 1.165) is 58.2 Å². The molecule has 0 spiro atoms. The van der Waals surface area contributed by atoms with Gasteiger partial charge in [0, 0.05) is 0 Å². The third-order valence-electron chi connectivity index (χ3n) is 10.9. The van der Waals surface area contributed by atoms with Crippen LogP contribution in [0.4, 0.5) is 0 Å². The number of hydrogen-bond donors (Lipinski definition) is 0. The lowest BCUT2D eigenvalue weighted by molar-refractivity contribution is -0.214. The van der Waals surface area contributed by atoms with Crippen LogP contribution >= 0.6 is 0 Å². The van der Waals surface area contributed by atoms with E-state index in [1.807, 2.05) is 0 Å². The average Bonchev–Trinajstić information content (AvgIpc) is 2.55. The van der Waals surface area contributed by atoms with Crippen molar-refractivity contribution in [2.45, 2.75) is 90.9 Å². The molecule has 0 heteroatoms. The highest BCUT2D eigenvalue weighted by atomic mass is 14.7. The summed E-state index contributed by atoms with van der Waals surface area (Å²) in [7, 11) is 0. The Bertz CT molecular complexity index is 456. The van der Waals surface area contributed by atoms with Gasteiger partial charge >= 0.3 is 0 Å². The molecule has 0 aliphatic heterocycles. The molecule has 0 radical (unpaired) electrons. The molecular formula is C24H38. The van der Waals surface area contributed by atoms with Crippen molar-refractivity contribution in [3.05, 3.63) is 0 Å². The van der Waals surface area contributed by atoms with E-state index in [1.165, 1.54) is 12.8 Å². The average molecular weight is 327 g/mol. The lowest BCUT2D eigenvalue weighted by atomic mass is 9.34. The van der Waals surface area contributed by atoms with Gasteiger partial charge in [-0.3, -0.25) is 0 Å². The van der Waals surface area contributed by atoms with Gasteiger partial charge in [-0.15, -0.1) is 0 Å². The fourth-order valence-electron chi connectivity index (χ4n) is 10.9. The monoisotopic (exact) mass is 326 g/mol. The van der Waals surface area contributed by atoms with Crippen molar-refractivity contribution in [3.8, 4) is 0 Å². The molecule has 0 heterocycles. The Labute approximate surface area is 149 Å². The van der Waals surface area contributed by atoms with Crippen LogP contribution < -0.4 is 0 Å². The van der Waals surface area contributed by atoms with Crippen LogP contribution in [-0.4, -0.2) is 0 Å². The summed E-state index contributed by atoms with van der Waals surface area (Å²) in [6.45, 7) is 5.16. The molecule has 8 aliphatic rings. The van der Waals surface area contributed by atoms with E-state index in [2.05, 4.69) is 13.8 Å². The molecule has 8 fully saturated rings. The maximum atomic E-state index is 2.58. The first-order chi connectivity index (χ1) is 11.6. The molecule has 8 saturated carbocycles. The zero-order valence-corrected chi connectivity index (χ0v) is 16.1. The number of rotatable bonds is 3. The van der Waals surface area contributed by atoms with Crippen LogP contribution in [0.1, 0.15) is 90.9 Å². The summed E-state index contributed by atoms with van der Waals surface area (Å²) in [5.74, 6) is 9.09. The first-order valence-corrected chi connectivity index (χ1v) is 11.6. The summed E-state index contributed by atoms with van der Waals surface area (Å²) in [6.07, 6.45) is 19.3. The molecule has 134 valence electrons. The Morgan fingerprint density at radius 1 is 0.542 bits per heavy atom. The Morgan fingerprint density at radius 3 is 1.17 bits per heavy atom. The summed E-state index contributed by atoms with van der Waals surface area (Å²) in [5.41, 5.74) is 1.58. The minimum absolute atomic E-state index is 0.789. The second kappa shape index (κ2) is 4.83. The normalized spacial score (nSPS) is 63.2. The van der Waals surface area contributed by atoms with Gasteiger partial charge in [0.15, 0.2) is 0 Å². The predicted molar refractivity (Wildman–Crippen MR) is 99.5 cm³/mol. The van der Waals surface area contributed by atoms with Crippen LogP contribution in [0.2, 0.25) is 0 Å². The third kappa shape index (κ3) is 1.77. The Hall–Kier alpha value is 0. The van der Waals surface area contributed by atoms with Crippen molar-refractivity contribution >= 4 is 0 Å². The Kier molecular flexibility index (Phi) is 3.04. The Morgan fingerprint density at radius 2 is 0.875 bits per heavy atom. The SMILES string of the molecule is CCC12CC3CC(CC(C3)C1C1C3CC4CC(C3)CC1(CC)C4)C2. The quantitative estimate of drug-likeness (QED) is 0.542. The van der Waals surface area contributed by atoms with Crippen LogP contribution in [0.15, 0.2) is 0 Å². The van der Waals surface area contributed by atoms with Gasteiger partial charge in [0.2, 0.25) is 0 Å². The van der Waals surface area contributed by atoms with Crippen LogP contribution in [0.3, 0.4) is 0 Å². The van der Waals surface area contributed by atoms with E-state index in [0.29, 0.717) is 0 Å². The first kappa shape index (κ1) is 15.1. The molecular weight excluding hydrogens is 288 g/mol. The standard InChI is InChI=1S/C24H38/c1-3-23-11-15-5-16(12-23)8-19(7-15)21(23)22-20-9-17-6-18(10-20)14-24(22,4-2)13-17/h15-22H,3-14H2,1-2H3. The molecule has 8 rings (SSSR count). The van der Waals surface area contributed by atoms with Gasteiger partial charge in [-0.1, -0.05) is 26.7 Å². The molecule has 24 heavy (non-hydrogen) atoms. The number of hydrogen-bond acceptors (Lipinski definition) is 0. The molecule has 0 nitrogen and oxygen atoms in total. The maximum Gasteiger partial charge on any atom is -0.0261 e. The summed E-state index contributed by atoms with van der Waals surface area (Å²) < 4.78 is 0. The maximum absolute atomic E-state index is 2.58. The van der Waals surface area contributed by atoms with Gasteiger partial charge in [0.25, 0.3) is 0 Å². The minimum Gasteiger partial charge on any atom is -0.0648 e. The molecule has 8 bridgehead atoms. The molecule has 0 aromatic rings. The van der Waals surface area contributed by atoms with Crippen molar-refractivity contribution in [2.24, 2.45) is 58.2 Å². The van der Waals surface area contributed by atoms with Crippen molar-refractivity contribution < 1.29 is 0 Å². The van der Waals surface area contributed by atoms with Gasteiger partial charge in [-0.25, -0.2) is 0 Å². The van der Waals surface area contributed by atoms with Gasteiger partial charge < -0.3 is 0 Å². The summed E-state index contributed by atoms with van der Waals surface area (Å²) in [4.78, 5) is 0. The number of fused-ring (bicyclic) bond motifs is 1. The molecule has 0 N–H and O–H groups in total. The van der Waals surface area contributed by atoms with Crippen LogP contribution in [0.5, 0.6) is 0 Å². The van der Waals surface area contributed by atoms with Crippen molar-refractivity contribution in [1.82, 2.24) is 0 Å². The van der Waals surface area contributed by atoms with Crippen molar-refractivity contribution in [1.29, 1.82) is 0 Å². The van der Waals surface area contributed by atoms with Gasteiger partial charge in [0.05, 0.1) is 0 Å². The van der Waals surface area contributed by atoms with E-state index in [1.54, 1.807) is 64.2 Å². The van der Waals surface area contributed by atoms with E-state index in [-0.39, 0.29) is 0 Å². The fraction of sp³-hybridized carbons (Fsp3) is 1.00. The zero-order valence-electron chi connectivity index (χ0n) is 16.1. The Balaban J connectivity index is 1.43. The third-order valence-corrected chi connectivity index (χ3v) is 10.9. The lowest BCUT2D eigenvalue weighted by Crippen LogP contribution is -2.62. The van der Waals surface area contributed by atoms with E-state index >= 15 is 0 Å². The van der Waals surface area contributed by atoms with Crippen LogP contribution in [-0.2, 0) is 0 Å². The van der Waals surface area contributed by atoms with Gasteiger partial charge in [-0.2, -0.15) is 0 Å².